The van der Waals surface area contributed by atoms with Crippen molar-refractivity contribution in [2.75, 3.05) is 18.4 Å². The molecule has 3 aromatic rings. The molecule has 1 aliphatic rings. The van der Waals surface area contributed by atoms with Crippen LogP contribution in [-0.2, 0) is 6.54 Å². The Hall–Kier alpha value is -2.67. The van der Waals surface area contributed by atoms with Crippen molar-refractivity contribution in [1.29, 1.82) is 0 Å². The zero-order valence-corrected chi connectivity index (χ0v) is 13.6. The Morgan fingerprint density at radius 1 is 1.29 bits per heavy atom. The third-order valence-corrected chi connectivity index (χ3v) is 4.34. The molecule has 4 rings (SSSR count). The molecule has 2 N–H and O–H groups in total. The molecule has 0 aliphatic carbocycles. The highest BCUT2D eigenvalue weighted by atomic mass is 16.3. The monoisotopic (exact) mass is 324 g/mol. The van der Waals surface area contributed by atoms with E-state index in [1.165, 1.54) is 0 Å². The van der Waals surface area contributed by atoms with Crippen LogP contribution in [0.4, 0.5) is 5.82 Å². The predicted octanol–water partition coefficient (Wildman–Crippen LogP) is 1.82. The van der Waals surface area contributed by atoms with Crippen LogP contribution < -0.4 is 5.32 Å². The van der Waals surface area contributed by atoms with Gasteiger partial charge < -0.3 is 10.4 Å². The molecule has 1 aliphatic heterocycles. The average Bonchev–Trinajstić information content (AvgIpc) is 3.20. The van der Waals surface area contributed by atoms with Crippen molar-refractivity contribution in [3.05, 3.63) is 48.0 Å². The van der Waals surface area contributed by atoms with Crippen LogP contribution in [-0.4, -0.2) is 48.7 Å². The highest BCUT2D eigenvalue weighted by molar-refractivity contribution is 5.44. The van der Waals surface area contributed by atoms with Crippen LogP contribution in [0.25, 0.3) is 5.65 Å². The van der Waals surface area contributed by atoms with Crippen LogP contribution >= 0.6 is 0 Å². The number of nitrogens with one attached hydrogen (secondary N) is 1. The van der Waals surface area contributed by atoms with Gasteiger partial charge in [-0.25, -0.2) is 9.50 Å². The van der Waals surface area contributed by atoms with E-state index >= 15 is 0 Å². The summed E-state index contributed by atoms with van der Waals surface area (Å²) >= 11 is 0. The maximum atomic E-state index is 9.95. The maximum absolute atomic E-state index is 9.95. The standard InChI is InChI=1S/C17H20N6O/c1-12-2-3-15(24)14(19-12)11-22-8-6-13(10-22)20-16-4-5-17-18-7-9-23(17)21-16/h2-5,7,9,13,24H,6,8,10-11H2,1H3,(H,20,21). The van der Waals surface area contributed by atoms with Crippen LogP contribution in [0.2, 0.25) is 0 Å². The summed E-state index contributed by atoms with van der Waals surface area (Å²) < 4.78 is 1.77. The number of imidazole rings is 1. The first kappa shape index (κ1) is 14.9. The molecular formula is C17H20N6O. The fourth-order valence-electron chi connectivity index (χ4n) is 3.13. The fraction of sp³-hybridized carbons (Fsp3) is 0.353. The summed E-state index contributed by atoms with van der Waals surface area (Å²) in [6.45, 7) is 4.48. The lowest BCUT2D eigenvalue weighted by Gasteiger charge is -2.17. The summed E-state index contributed by atoms with van der Waals surface area (Å²) in [5.41, 5.74) is 2.51. The van der Waals surface area contributed by atoms with E-state index in [-0.39, 0.29) is 5.75 Å². The van der Waals surface area contributed by atoms with E-state index in [1.54, 1.807) is 16.8 Å². The number of nitrogens with zero attached hydrogens (tertiary/aromatic N) is 5. The van der Waals surface area contributed by atoms with E-state index in [4.69, 9.17) is 0 Å². The molecule has 0 saturated carbocycles. The minimum Gasteiger partial charge on any atom is -0.506 e. The molecule has 1 fully saturated rings. The van der Waals surface area contributed by atoms with Crippen LogP contribution in [0.3, 0.4) is 0 Å². The molecule has 0 spiro atoms. The Kier molecular flexibility index (Phi) is 3.78. The third-order valence-electron chi connectivity index (χ3n) is 4.34. The van der Waals surface area contributed by atoms with Gasteiger partial charge in [-0.3, -0.25) is 9.88 Å². The van der Waals surface area contributed by atoms with Crippen molar-refractivity contribution < 1.29 is 5.11 Å². The van der Waals surface area contributed by atoms with Gasteiger partial charge >= 0.3 is 0 Å². The second-order valence-corrected chi connectivity index (χ2v) is 6.23. The summed E-state index contributed by atoms with van der Waals surface area (Å²) in [7, 11) is 0. The van der Waals surface area contributed by atoms with E-state index in [9.17, 15) is 5.11 Å². The Morgan fingerprint density at radius 3 is 3.12 bits per heavy atom. The summed E-state index contributed by atoms with van der Waals surface area (Å²) in [6, 6.07) is 7.79. The van der Waals surface area contributed by atoms with Gasteiger partial charge in [-0.2, -0.15) is 0 Å². The van der Waals surface area contributed by atoms with Crippen LogP contribution in [0, 0.1) is 6.92 Å². The molecule has 0 amide bonds. The van der Waals surface area contributed by atoms with E-state index in [0.29, 0.717) is 12.6 Å². The Labute approximate surface area is 140 Å². The number of aromatic nitrogens is 4. The molecule has 24 heavy (non-hydrogen) atoms. The van der Waals surface area contributed by atoms with Gasteiger partial charge in [-0.1, -0.05) is 0 Å². The number of aromatic hydroxyl groups is 1. The normalized spacial score (nSPS) is 18.3. The lowest BCUT2D eigenvalue weighted by molar-refractivity contribution is 0.316. The number of aryl methyl sites for hydroxylation is 1. The first-order valence-corrected chi connectivity index (χ1v) is 8.12. The first-order chi connectivity index (χ1) is 11.7. The minimum atomic E-state index is 0.268. The molecule has 124 valence electrons. The lowest BCUT2D eigenvalue weighted by atomic mass is 10.2. The van der Waals surface area contributed by atoms with Crippen LogP contribution in [0.5, 0.6) is 5.75 Å². The molecule has 7 heteroatoms. The van der Waals surface area contributed by atoms with Crippen molar-refractivity contribution >= 4 is 11.5 Å². The summed E-state index contributed by atoms with van der Waals surface area (Å²) in [6.07, 6.45) is 4.62. The molecule has 0 radical (unpaired) electrons. The maximum Gasteiger partial charge on any atom is 0.153 e. The van der Waals surface area contributed by atoms with Gasteiger partial charge in [0.15, 0.2) is 5.65 Å². The number of hydrogen-bond donors (Lipinski definition) is 2. The molecule has 7 nitrogen and oxygen atoms in total. The lowest BCUT2D eigenvalue weighted by Crippen LogP contribution is -2.26. The topological polar surface area (TPSA) is 78.6 Å². The number of anilines is 1. The molecule has 1 unspecified atom stereocenters. The molecule has 4 heterocycles. The zero-order chi connectivity index (χ0) is 16.5. The van der Waals surface area contributed by atoms with Crippen molar-refractivity contribution in [3.8, 4) is 5.75 Å². The average molecular weight is 324 g/mol. The van der Waals surface area contributed by atoms with Gasteiger partial charge in [0, 0.05) is 43.8 Å². The van der Waals surface area contributed by atoms with Crippen molar-refractivity contribution in [2.45, 2.75) is 25.9 Å². The van der Waals surface area contributed by atoms with Gasteiger partial charge in [0.05, 0.1) is 5.69 Å². The highest BCUT2D eigenvalue weighted by Crippen LogP contribution is 2.21. The van der Waals surface area contributed by atoms with E-state index in [1.807, 2.05) is 31.3 Å². The number of hydrogen-bond acceptors (Lipinski definition) is 6. The fourth-order valence-corrected chi connectivity index (χ4v) is 3.13. The zero-order valence-electron chi connectivity index (χ0n) is 13.6. The molecule has 1 atom stereocenters. The Bertz CT molecular complexity index is 861. The third kappa shape index (κ3) is 3.03. The highest BCUT2D eigenvalue weighted by Gasteiger charge is 2.24. The number of fused-ring (bicyclic) bond motifs is 1. The summed E-state index contributed by atoms with van der Waals surface area (Å²) in [5, 5.41) is 17.9. The molecule has 0 aromatic carbocycles. The SMILES string of the molecule is Cc1ccc(O)c(CN2CCC(Nc3ccc4nccn4n3)C2)n1. The summed E-state index contributed by atoms with van der Waals surface area (Å²) in [4.78, 5) is 10.9. The van der Waals surface area contributed by atoms with Gasteiger partial charge in [0.25, 0.3) is 0 Å². The van der Waals surface area contributed by atoms with Gasteiger partial charge in [0.2, 0.25) is 0 Å². The molecule has 0 bridgehead atoms. The molecule has 3 aromatic heterocycles. The van der Waals surface area contributed by atoms with E-state index in [0.717, 1.165) is 42.4 Å². The minimum absolute atomic E-state index is 0.268. The molecular weight excluding hydrogens is 304 g/mol. The number of likely N-dealkylation sites (tertiary alicyclic amines) is 1. The largest absolute Gasteiger partial charge is 0.506 e. The smallest absolute Gasteiger partial charge is 0.153 e. The predicted molar refractivity (Wildman–Crippen MR) is 90.9 cm³/mol. The van der Waals surface area contributed by atoms with Crippen molar-refractivity contribution in [2.24, 2.45) is 0 Å². The first-order valence-electron chi connectivity index (χ1n) is 8.12. The number of rotatable bonds is 4. The molecule has 1 saturated heterocycles. The van der Waals surface area contributed by atoms with E-state index < -0.39 is 0 Å². The van der Waals surface area contributed by atoms with Crippen molar-refractivity contribution in [1.82, 2.24) is 24.5 Å². The van der Waals surface area contributed by atoms with Crippen molar-refractivity contribution in [3.63, 3.8) is 0 Å². The quantitative estimate of drug-likeness (QED) is 0.762. The second kappa shape index (κ2) is 6.09. The Morgan fingerprint density at radius 2 is 2.21 bits per heavy atom. The Balaban J connectivity index is 1.40. The second-order valence-electron chi connectivity index (χ2n) is 6.23. The van der Waals surface area contributed by atoms with Crippen LogP contribution in [0.1, 0.15) is 17.8 Å². The van der Waals surface area contributed by atoms with E-state index in [2.05, 4.69) is 25.3 Å². The van der Waals surface area contributed by atoms with Crippen LogP contribution in [0.15, 0.2) is 36.7 Å². The van der Waals surface area contributed by atoms with Gasteiger partial charge in [0.1, 0.15) is 11.6 Å². The number of pyridine rings is 1. The van der Waals surface area contributed by atoms with Gasteiger partial charge in [-0.05, 0) is 37.6 Å². The van der Waals surface area contributed by atoms with Gasteiger partial charge in [-0.15, -0.1) is 5.10 Å². The summed E-state index contributed by atoms with van der Waals surface area (Å²) in [5.74, 6) is 1.12.